The van der Waals surface area contributed by atoms with Gasteiger partial charge in [-0.05, 0) is 6.92 Å². The maximum absolute atomic E-state index is 12.6. The third-order valence-corrected chi connectivity index (χ3v) is 4.63. The predicted molar refractivity (Wildman–Crippen MR) is 93.3 cm³/mol. The number of carbonyl (C=O) groups is 1. The number of halogens is 2. The van der Waals surface area contributed by atoms with Gasteiger partial charge < -0.3 is 9.80 Å². The van der Waals surface area contributed by atoms with Crippen LogP contribution in [0.4, 0.5) is 14.7 Å². The van der Waals surface area contributed by atoms with Crippen molar-refractivity contribution in [1.29, 1.82) is 0 Å². The van der Waals surface area contributed by atoms with E-state index < -0.39 is 19.0 Å². The molecule has 4 rings (SSSR count). The average molecular weight is 376 g/mol. The second-order valence-electron chi connectivity index (χ2n) is 6.45. The largest absolute Gasteiger partial charge is 0.333 e. The Morgan fingerprint density at radius 2 is 2.15 bits per heavy atom. The van der Waals surface area contributed by atoms with E-state index in [0.29, 0.717) is 29.2 Å². The van der Waals surface area contributed by atoms with E-state index in [1.165, 1.54) is 4.90 Å². The highest BCUT2D eigenvalue weighted by Crippen LogP contribution is 2.26. The van der Waals surface area contributed by atoms with Gasteiger partial charge in [-0.1, -0.05) is 0 Å². The first-order valence-corrected chi connectivity index (χ1v) is 8.47. The number of piperazine rings is 1. The number of carbonyl (C=O) groups excluding carboxylic acids is 1. The number of anilines is 1. The molecule has 3 aromatic heterocycles. The summed E-state index contributed by atoms with van der Waals surface area (Å²) in [4.78, 5) is 24.2. The summed E-state index contributed by atoms with van der Waals surface area (Å²) in [6, 6.07) is -0.622. The first-order chi connectivity index (χ1) is 12.9. The van der Waals surface area contributed by atoms with E-state index >= 15 is 0 Å². The summed E-state index contributed by atoms with van der Waals surface area (Å²) >= 11 is 0. The molecular weight excluding hydrogens is 358 g/mol. The molecule has 27 heavy (non-hydrogen) atoms. The van der Waals surface area contributed by atoms with Crippen molar-refractivity contribution in [3.8, 4) is 11.3 Å². The van der Waals surface area contributed by atoms with E-state index in [0.717, 1.165) is 5.56 Å². The van der Waals surface area contributed by atoms with E-state index in [2.05, 4.69) is 25.3 Å². The predicted octanol–water partition coefficient (Wildman–Crippen LogP) is 1.06. The van der Waals surface area contributed by atoms with Crippen LogP contribution < -0.4 is 4.90 Å². The first kappa shape index (κ1) is 17.3. The fourth-order valence-corrected chi connectivity index (χ4v) is 3.24. The first-order valence-electron chi connectivity index (χ1n) is 8.47. The van der Waals surface area contributed by atoms with Crippen LogP contribution in [-0.4, -0.2) is 72.9 Å². The summed E-state index contributed by atoms with van der Waals surface area (Å²) in [5.41, 5.74) is 2.71. The highest BCUT2D eigenvalue weighted by Gasteiger charge is 2.34. The Hall–Kier alpha value is -3.11. The molecule has 0 bridgehead atoms. The number of fused-ring (bicyclic) bond motifs is 1. The molecule has 4 heterocycles. The molecule has 1 saturated heterocycles. The van der Waals surface area contributed by atoms with Gasteiger partial charge in [0.15, 0.2) is 0 Å². The summed E-state index contributed by atoms with van der Waals surface area (Å²) in [5.74, 6) is 0.0107. The van der Waals surface area contributed by atoms with Crippen LogP contribution in [0, 0.1) is 0 Å². The Bertz CT molecular complexity index is 984. The highest BCUT2D eigenvalue weighted by molar-refractivity contribution is 5.90. The molecular formula is C16H18F2N8O. The van der Waals surface area contributed by atoms with Gasteiger partial charge in [-0.25, -0.2) is 18.7 Å². The van der Waals surface area contributed by atoms with Crippen molar-refractivity contribution in [2.24, 2.45) is 7.05 Å². The molecule has 1 amide bonds. The van der Waals surface area contributed by atoms with Crippen LogP contribution in [0.5, 0.6) is 0 Å². The maximum atomic E-state index is 12.6. The monoisotopic (exact) mass is 376 g/mol. The Labute approximate surface area is 153 Å². The third kappa shape index (κ3) is 3.09. The van der Waals surface area contributed by atoms with Gasteiger partial charge in [0.2, 0.25) is 11.9 Å². The van der Waals surface area contributed by atoms with Gasteiger partial charge in [0, 0.05) is 31.9 Å². The number of amides is 1. The van der Waals surface area contributed by atoms with Crippen LogP contribution in [-0.2, 0) is 11.8 Å². The summed E-state index contributed by atoms with van der Waals surface area (Å²) in [6.45, 7) is 1.70. The van der Waals surface area contributed by atoms with Gasteiger partial charge in [-0.3, -0.25) is 14.6 Å². The smallest absolute Gasteiger partial charge is 0.255 e. The van der Waals surface area contributed by atoms with Crippen molar-refractivity contribution in [2.75, 3.05) is 24.5 Å². The maximum Gasteiger partial charge on any atom is 0.255 e. The van der Waals surface area contributed by atoms with Crippen molar-refractivity contribution < 1.29 is 13.6 Å². The summed E-state index contributed by atoms with van der Waals surface area (Å²) in [5, 5.41) is 11.3. The van der Waals surface area contributed by atoms with Crippen molar-refractivity contribution in [1.82, 2.24) is 34.8 Å². The number of alkyl halides is 2. The van der Waals surface area contributed by atoms with Gasteiger partial charge in [0.05, 0.1) is 18.9 Å². The highest BCUT2D eigenvalue weighted by atomic mass is 19.3. The minimum absolute atomic E-state index is 0.204. The fourth-order valence-electron chi connectivity index (χ4n) is 3.24. The van der Waals surface area contributed by atoms with Gasteiger partial charge >= 0.3 is 0 Å². The van der Waals surface area contributed by atoms with Crippen molar-refractivity contribution >= 4 is 22.9 Å². The third-order valence-electron chi connectivity index (χ3n) is 4.63. The molecule has 0 aromatic carbocycles. The van der Waals surface area contributed by atoms with Gasteiger partial charge in [-0.2, -0.15) is 10.2 Å². The van der Waals surface area contributed by atoms with E-state index in [9.17, 15) is 13.6 Å². The van der Waals surface area contributed by atoms with Crippen LogP contribution in [0.2, 0.25) is 0 Å². The number of H-pyrrole nitrogens is 1. The molecule has 1 aliphatic rings. The number of rotatable bonds is 4. The molecule has 0 spiro atoms. The SMILES string of the molecule is C[C@@H]1C(=O)N(CC(F)F)CCN1c1ncc2[nH]nc(-c3cnn(C)c3)c2n1. The van der Waals surface area contributed by atoms with Gasteiger partial charge in [0.25, 0.3) is 6.43 Å². The number of aromatic amines is 1. The average Bonchev–Trinajstić information content (AvgIpc) is 3.24. The fraction of sp³-hybridized carbons (Fsp3) is 0.438. The van der Waals surface area contributed by atoms with Crippen LogP contribution in [0.25, 0.3) is 22.3 Å². The number of aryl methyl sites for hydroxylation is 1. The Morgan fingerprint density at radius 3 is 2.85 bits per heavy atom. The second kappa shape index (κ2) is 6.56. The summed E-state index contributed by atoms with van der Waals surface area (Å²) < 4.78 is 26.9. The molecule has 1 atom stereocenters. The lowest BCUT2D eigenvalue weighted by atomic mass is 10.2. The number of hydrogen-bond donors (Lipinski definition) is 1. The molecule has 142 valence electrons. The van der Waals surface area contributed by atoms with Gasteiger partial charge in [-0.15, -0.1) is 0 Å². The molecule has 11 heteroatoms. The lowest BCUT2D eigenvalue weighted by molar-refractivity contribution is -0.135. The standard InChI is InChI=1S/C16H18F2N8O/c1-9-15(27)25(8-12(17)18)3-4-26(9)16-19-6-11-14(21-16)13(23-22-11)10-5-20-24(2)7-10/h5-7,9,12H,3-4,8H2,1-2H3,(H,22,23)/t9-/m1/s1. The van der Waals surface area contributed by atoms with E-state index in [1.54, 1.807) is 28.9 Å². The second-order valence-corrected chi connectivity index (χ2v) is 6.45. The molecule has 1 N–H and O–H groups in total. The summed E-state index contributed by atoms with van der Waals surface area (Å²) in [6.07, 6.45) is 2.57. The number of nitrogens with one attached hydrogen (secondary N) is 1. The van der Waals surface area contributed by atoms with Crippen LogP contribution in [0.3, 0.4) is 0 Å². The molecule has 0 radical (unpaired) electrons. The van der Waals surface area contributed by atoms with Gasteiger partial charge in [0.1, 0.15) is 22.8 Å². The molecule has 1 aliphatic heterocycles. The zero-order chi connectivity index (χ0) is 19.1. The van der Waals surface area contributed by atoms with E-state index in [1.807, 2.05) is 13.2 Å². The van der Waals surface area contributed by atoms with Crippen LogP contribution in [0.1, 0.15) is 6.92 Å². The molecule has 3 aromatic rings. The number of nitrogens with zero attached hydrogens (tertiary/aromatic N) is 7. The quantitative estimate of drug-likeness (QED) is 0.731. The zero-order valence-electron chi connectivity index (χ0n) is 14.8. The topological polar surface area (TPSA) is 95.8 Å². The summed E-state index contributed by atoms with van der Waals surface area (Å²) in [7, 11) is 1.81. The number of aromatic nitrogens is 6. The Balaban J connectivity index is 1.65. The molecule has 9 nitrogen and oxygen atoms in total. The van der Waals surface area contributed by atoms with Crippen LogP contribution in [0.15, 0.2) is 18.6 Å². The molecule has 0 saturated carbocycles. The molecule has 0 aliphatic carbocycles. The minimum atomic E-state index is -2.55. The lowest BCUT2D eigenvalue weighted by Gasteiger charge is -2.38. The Kier molecular flexibility index (Phi) is 4.21. The van der Waals surface area contributed by atoms with Crippen molar-refractivity contribution in [2.45, 2.75) is 19.4 Å². The lowest BCUT2D eigenvalue weighted by Crippen LogP contribution is -2.57. The normalized spacial score (nSPS) is 18.1. The minimum Gasteiger partial charge on any atom is -0.333 e. The van der Waals surface area contributed by atoms with E-state index in [4.69, 9.17) is 0 Å². The molecule has 1 fully saturated rings. The van der Waals surface area contributed by atoms with E-state index in [-0.39, 0.29) is 12.5 Å². The Morgan fingerprint density at radius 1 is 1.33 bits per heavy atom. The molecule has 0 unspecified atom stereocenters. The van der Waals surface area contributed by atoms with Crippen molar-refractivity contribution in [3.63, 3.8) is 0 Å². The zero-order valence-corrected chi connectivity index (χ0v) is 14.8. The van der Waals surface area contributed by atoms with Crippen LogP contribution >= 0.6 is 0 Å². The number of hydrogen-bond acceptors (Lipinski definition) is 6. The van der Waals surface area contributed by atoms with Crippen molar-refractivity contribution in [3.05, 3.63) is 18.6 Å².